The zero-order chi connectivity index (χ0) is 14.7. The Morgan fingerprint density at radius 3 is 1.84 bits per heavy atom. The zero-order valence-electron chi connectivity index (χ0n) is 13.4. The zero-order valence-corrected chi connectivity index (χ0v) is 14.4. The topological polar surface area (TPSA) is 41.9 Å². The molecule has 1 unspecified atom stereocenters. The number of rotatable bonds is 12. The van der Waals surface area contributed by atoms with E-state index in [9.17, 15) is 5.11 Å². The summed E-state index contributed by atoms with van der Waals surface area (Å²) in [4.78, 5) is 2.41. The van der Waals surface area contributed by atoms with E-state index in [-0.39, 0.29) is 12.6 Å². The maximum Gasteiger partial charge on any atom is 0.336 e. The van der Waals surface area contributed by atoms with Gasteiger partial charge in [-0.1, -0.05) is 26.7 Å². The van der Waals surface area contributed by atoms with Crippen LogP contribution in [0.5, 0.6) is 0 Å². The standard InChI is InChI=1S/C14H33NO3Si/c1-6-8-10-15(11-9-7-2)14(12-16)13-19(5,17-3)18-4/h14,16H,6-13H2,1-5H3. The van der Waals surface area contributed by atoms with Crippen molar-refractivity contribution in [1.29, 1.82) is 0 Å². The predicted molar refractivity (Wildman–Crippen MR) is 82.7 cm³/mol. The summed E-state index contributed by atoms with van der Waals surface area (Å²) in [5.41, 5.74) is 0. The van der Waals surface area contributed by atoms with Gasteiger partial charge in [0.25, 0.3) is 0 Å². The van der Waals surface area contributed by atoms with Crippen LogP contribution in [0.3, 0.4) is 0 Å². The molecule has 5 heteroatoms. The summed E-state index contributed by atoms with van der Waals surface area (Å²) >= 11 is 0. The second-order valence-corrected chi connectivity index (χ2v) is 8.82. The molecule has 0 aromatic rings. The molecular formula is C14H33NO3Si. The smallest absolute Gasteiger partial charge is 0.336 e. The minimum atomic E-state index is -2.12. The van der Waals surface area contributed by atoms with E-state index >= 15 is 0 Å². The Labute approximate surface area is 120 Å². The van der Waals surface area contributed by atoms with Gasteiger partial charge in [-0.15, -0.1) is 0 Å². The van der Waals surface area contributed by atoms with Crippen molar-refractivity contribution >= 4 is 8.56 Å². The van der Waals surface area contributed by atoms with E-state index in [0.29, 0.717) is 0 Å². The molecule has 0 bridgehead atoms. The summed E-state index contributed by atoms with van der Waals surface area (Å²) in [6.45, 7) is 8.76. The van der Waals surface area contributed by atoms with Crippen molar-refractivity contribution in [2.45, 2.75) is 58.2 Å². The van der Waals surface area contributed by atoms with Crippen LogP contribution in [-0.2, 0) is 8.85 Å². The highest BCUT2D eigenvalue weighted by Crippen LogP contribution is 2.19. The van der Waals surface area contributed by atoms with Crippen LogP contribution < -0.4 is 0 Å². The second kappa shape index (κ2) is 10.8. The molecule has 4 nitrogen and oxygen atoms in total. The normalized spacial score (nSPS) is 14.1. The lowest BCUT2D eigenvalue weighted by molar-refractivity contribution is 0.119. The minimum absolute atomic E-state index is 0.162. The summed E-state index contributed by atoms with van der Waals surface area (Å²) in [5, 5.41) is 9.72. The highest BCUT2D eigenvalue weighted by molar-refractivity contribution is 6.66. The number of nitrogens with zero attached hydrogens (tertiary/aromatic N) is 1. The van der Waals surface area contributed by atoms with Gasteiger partial charge in [0.05, 0.1) is 6.61 Å². The van der Waals surface area contributed by atoms with Gasteiger partial charge in [0.2, 0.25) is 0 Å². The van der Waals surface area contributed by atoms with E-state index in [1.807, 2.05) is 0 Å². The summed E-state index contributed by atoms with van der Waals surface area (Å²) in [7, 11) is 1.31. The summed E-state index contributed by atoms with van der Waals surface area (Å²) in [5.74, 6) is 0. The van der Waals surface area contributed by atoms with Crippen LogP contribution in [0, 0.1) is 0 Å². The fraction of sp³-hybridized carbons (Fsp3) is 1.00. The van der Waals surface area contributed by atoms with Gasteiger partial charge in [0, 0.05) is 26.3 Å². The monoisotopic (exact) mass is 291 g/mol. The van der Waals surface area contributed by atoms with E-state index < -0.39 is 8.56 Å². The molecule has 0 saturated heterocycles. The van der Waals surface area contributed by atoms with Crippen molar-refractivity contribution in [1.82, 2.24) is 4.90 Å². The van der Waals surface area contributed by atoms with Gasteiger partial charge in [0.1, 0.15) is 0 Å². The molecule has 1 atom stereocenters. The molecule has 0 saturated carbocycles. The highest BCUT2D eigenvalue weighted by Gasteiger charge is 2.34. The van der Waals surface area contributed by atoms with Crippen LogP contribution in [0.4, 0.5) is 0 Å². The van der Waals surface area contributed by atoms with E-state index in [1.165, 1.54) is 25.7 Å². The van der Waals surface area contributed by atoms with Crippen molar-refractivity contribution in [3.63, 3.8) is 0 Å². The number of aliphatic hydroxyl groups is 1. The lowest BCUT2D eigenvalue weighted by Crippen LogP contribution is -2.48. The fourth-order valence-corrected chi connectivity index (χ4v) is 3.93. The summed E-state index contributed by atoms with van der Waals surface area (Å²) in [6, 6.07) is 0.985. The van der Waals surface area contributed by atoms with E-state index in [0.717, 1.165) is 19.1 Å². The number of unbranched alkanes of at least 4 members (excludes halogenated alkanes) is 2. The molecular weight excluding hydrogens is 258 g/mol. The van der Waals surface area contributed by atoms with Crippen molar-refractivity contribution in [3.8, 4) is 0 Å². The molecule has 0 aliphatic carbocycles. The van der Waals surface area contributed by atoms with Gasteiger partial charge >= 0.3 is 8.56 Å². The molecule has 0 aromatic carbocycles. The lowest BCUT2D eigenvalue weighted by Gasteiger charge is -2.35. The average molecular weight is 292 g/mol. The third-order valence-corrected chi connectivity index (χ3v) is 6.73. The minimum Gasteiger partial charge on any atom is -0.398 e. The molecule has 0 aliphatic heterocycles. The molecule has 0 fully saturated rings. The third kappa shape index (κ3) is 7.42. The highest BCUT2D eigenvalue weighted by atomic mass is 28.4. The van der Waals surface area contributed by atoms with Crippen molar-refractivity contribution in [3.05, 3.63) is 0 Å². The fourth-order valence-electron chi connectivity index (χ4n) is 2.19. The molecule has 0 heterocycles. The van der Waals surface area contributed by atoms with Crippen LogP contribution in [0.25, 0.3) is 0 Å². The average Bonchev–Trinajstić information content (AvgIpc) is 2.45. The molecule has 0 rings (SSSR count). The lowest BCUT2D eigenvalue weighted by atomic mass is 10.2. The molecule has 0 radical (unpaired) electrons. The van der Waals surface area contributed by atoms with Crippen LogP contribution in [0.1, 0.15) is 39.5 Å². The molecule has 0 amide bonds. The third-order valence-electron chi connectivity index (χ3n) is 3.79. The van der Waals surface area contributed by atoms with E-state index in [2.05, 4.69) is 25.3 Å². The first-order valence-electron chi connectivity index (χ1n) is 7.52. The van der Waals surface area contributed by atoms with Crippen LogP contribution in [0.2, 0.25) is 12.6 Å². The number of hydrogen-bond acceptors (Lipinski definition) is 4. The number of aliphatic hydroxyl groups excluding tert-OH is 1. The summed E-state index contributed by atoms with van der Waals surface area (Å²) < 4.78 is 11.1. The Morgan fingerprint density at radius 2 is 1.53 bits per heavy atom. The first kappa shape index (κ1) is 19.1. The molecule has 0 aromatic heterocycles. The largest absolute Gasteiger partial charge is 0.398 e. The molecule has 116 valence electrons. The maximum absolute atomic E-state index is 9.72. The Kier molecular flexibility index (Phi) is 10.8. The van der Waals surface area contributed by atoms with Crippen molar-refractivity contribution in [2.75, 3.05) is 33.9 Å². The summed E-state index contributed by atoms with van der Waals surface area (Å²) in [6.07, 6.45) is 4.73. The van der Waals surface area contributed by atoms with Gasteiger partial charge < -0.3 is 14.0 Å². The van der Waals surface area contributed by atoms with Gasteiger partial charge in [-0.3, -0.25) is 4.90 Å². The Bertz CT molecular complexity index is 205. The Balaban J connectivity index is 4.60. The number of hydrogen-bond donors (Lipinski definition) is 1. The van der Waals surface area contributed by atoms with Gasteiger partial charge in [-0.25, -0.2) is 0 Å². The Hall–Kier alpha value is 0.0569. The van der Waals surface area contributed by atoms with Gasteiger partial charge in [0.15, 0.2) is 0 Å². The van der Waals surface area contributed by atoms with Crippen LogP contribution in [0.15, 0.2) is 0 Å². The van der Waals surface area contributed by atoms with Crippen molar-refractivity contribution in [2.24, 2.45) is 0 Å². The molecule has 0 spiro atoms. The second-order valence-electron chi connectivity index (χ2n) is 5.33. The first-order valence-corrected chi connectivity index (χ1v) is 10.0. The van der Waals surface area contributed by atoms with E-state index in [4.69, 9.17) is 8.85 Å². The Morgan fingerprint density at radius 1 is 1.05 bits per heavy atom. The van der Waals surface area contributed by atoms with Crippen molar-refractivity contribution < 1.29 is 14.0 Å². The van der Waals surface area contributed by atoms with E-state index in [1.54, 1.807) is 14.2 Å². The maximum atomic E-state index is 9.72. The molecule has 0 aliphatic rings. The van der Waals surface area contributed by atoms with Crippen LogP contribution >= 0.6 is 0 Å². The molecule has 1 N–H and O–H groups in total. The van der Waals surface area contributed by atoms with Gasteiger partial charge in [-0.2, -0.15) is 0 Å². The first-order chi connectivity index (χ1) is 9.06. The predicted octanol–water partition coefficient (Wildman–Crippen LogP) is 2.61. The van der Waals surface area contributed by atoms with Gasteiger partial charge in [-0.05, 0) is 32.5 Å². The quantitative estimate of drug-likeness (QED) is 0.561. The van der Waals surface area contributed by atoms with Crippen LogP contribution in [-0.4, -0.2) is 58.5 Å². The SMILES string of the molecule is CCCCN(CCCC)C(CO)C[Si](C)(OC)OC. The molecule has 19 heavy (non-hydrogen) atoms.